The lowest BCUT2D eigenvalue weighted by atomic mass is 9.73. The van der Waals surface area contributed by atoms with Gasteiger partial charge in [0.15, 0.2) is 0 Å². The lowest BCUT2D eigenvalue weighted by Crippen LogP contribution is -2.49. The van der Waals surface area contributed by atoms with Crippen LogP contribution in [0.5, 0.6) is 0 Å². The summed E-state index contributed by atoms with van der Waals surface area (Å²) in [4.78, 5) is 20.7. The van der Waals surface area contributed by atoms with E-state index in [1.165, 1.54) is 12.1 Å². The number of aromatic nitrogens is 2. The molecule has 0 saturated heterocycles. The molecule has 2 aliphatic rings. The van der Waals surface area contributed by atoms with Crippen LogP contribution in [0.25, 0.3) is 0 Å². The van der Waals surface area contributed by atoms with Gasteiger partial charge in [0.2, 0.25) is 0 Å². The summed E-state index contributed by atoms with van der Waals surface area (Å²) in [5.41, 5.74) is 0.747. The molecule has 1 N–H and O–H groups in total. The number of halogens is 1. The largest absolute Gasteiger partial charge is 0.345 e. The minimum atomic E-state index is -0.443. The fraction of sp³-hybridized carbons (Fsp3) is 0.381. The van der Waals surface area contributed by atoms with Gasteiger partial charge in [-0.2, -0.15) is 0 Å². The van der Waals surface area contributed by atoms with E-state index in [0.717, 1.165) is 50.4 Å². The Morgan fingerprint density at radius 2 is 2.04 bits per heavy atom. The van der Waals surface area contributed by atoms with Crippen molar-refractivity contribution in [3.05, 3.63) is 59.9 Å². The van der Waals surface area contributed by atoms with Gasteiger partial charge in [0.1, 0.15) is 17.2 Å². The van der Waals surface area contributed by atoms with E-state index < -0.39 is 5.82 Å². The molecule has 2 atom stereocenters. The Labute approximate surface area is 152 Å². The van der Waals surface area contributed by atoms with E-state index in [1.807, 2.05) is 18.2 Å². The van der Waals surface area contributed by atoms with Crippen LogP contribution < -0.4 is 5.32 Å². The van der Waals surface area contributed by atoms with Crippen LogP contribution in [0.2, 0.25) is 0 Å². The van der Waals surface area contributed by atoms with Crippen molar-refractivity contribution < 1.29 is 9.18 Å². The molecule has 2 fully saturated rings. The first-order chi connectivity index (χ1) is 12.6. The van der Waals surface area contributed by atoms with Crippen LogP contribution in [0.4, 0.5) is 4.39 Å². The van der Waals surface area contributed by atoms with Gasteiger partial charge < -0.3 is 5.32 Å². The average Bonchev–Trinajstić information content (AvgIpc) is 2.92. The minimum absolute atomic E-state index is 0.0563. The van der Waals surface area contributed by atoms with E-state index in [-0.39, 0.29) is 22.6 Å². The van der Waals surface area contributed by atoms with E-state index in [0.29, 0.717) is 0 Å². The van der Waals surface area contributed by atoms with Crippen molar-refractivity contribution in [1.29, 1.82) is 0 Å². The molecule has 4 rings (SSSR count). The molecule has 0 spiro atoms. The lowest BCUT2D eigenvalue weighted by Gasteiger charge is -2.37. The highest BCUT2D eigenvalue weighted by Crippen LogP contribution is 2.53. The number of hydrogen-bond donors (Lipinski definition) is 1. The molecule has 0 unspecified atom stereocenters. The first kappa shape index (κ1) is 16.7. The highest BCUT2D eigenvalue weighted by Gasteiger charge is 2.51. The Morgan fingerprint density at radius 1 is 1.12 bits per heavy atom. The highest BCUT2D eigenvalue weighted by molar-refractivity contribution is 5.92. The molecule has 0 radical (unpaired) electrons. The van der Waals surface area contributed by atoms with Crippen molar-refractivity contribution in [1.82, 2.24) is 15.3 Å². The summed E-state index contributed by atoms with van der Waals surface area (Å²) < 4.78 is 13.0. The molecule has 2 aromatic heterocycles. The maximum Gasteiger partial charge on any atom is 0.270 e. The second-order valence-corrected chi connectivity index (χ2v) is 7.37. The second-order valence-electron chi connectivity index (χ2n) is 7.37. The van der Waals surface area contributed by atoms with Gasteiger partial charge in [-0.15, -0.1) is 0 Å². The summed E-state index contributed by atoms with van der Waals surface area (Å²) in [6.45, 7) is 0. The van der Waals surface area contributed by atoms with E-state index in [4.69, 9.17) is 0 Å². The number of carbonyl (C=O) groups is 1. The van der Waals surface area contributed by atoms with Gasteiger partial charge in [-0.25, -0.2) is 14.4 Å². The lowest BCUT2D eigenvalue weighted by molar-refractivity contribution is 0.0866. The Morgan fingerprint density at radius 3 is 2.81 bits per heavy atom. The Hall–Kier alpha value is -2.74. The number of rotatable bonds is 2. The molecule has 4 nitrogen and oxygen atoms in total. The van der Waals surface area contributed by atoms with Crippen molar-refractivity contribution in [2.24, 2.45) is 5.41 Å². The maximum absolute atomic E-state index is 13.0. The third-order valence-electron chi connectivity index (χ3n) is 5.53. The minimum Gasteiger partial charge on any atom is -0.345 e. The van der Waals surface area contributed by atoms with E-state index in [9.17, 15) is 9.18 Å². The first-order valence-electron chi connectivity index (χ1n) is 8.97. The van der Waals surface area contributed by atoms with Crippen molar-refractivity contribution in [3.63, 3.8) is 0 Å². The fourth-order valence-electron chi connectivity index (χ4n) is 4.28. The van der Waals surface area contributed by atoms with Crippen molar-refractivity contribution in [2.45, 2.75) is 44.1 Å². The second kappa shape index (κ2) is 6.53. The summed E-state index contributed by atoms with van der Waals surface area (Å²) in [7, 11) is 0. The van der Waals surface area contributed by atoms with Gasteiger partial charge in [0.05, 0.1) is 6.20 Å². The predicted octanol–water partition coefficient (Wildman–Crippen LogP) is 3.49. The molecule has 2 heterocycles. The maximum atomic E-state index is 13.0. The molecule has 1 amide bonds. The van der Waals surface area contributed by atoms with E-state index >= 15 is 0 Å². The van der Waals surface area contributed by atoms with Gasteiger partial charge in [0.25, 0.3) is 5.91 Å². The van der Waals surface area contributed by atoms with Gasteiger partial charge in [-0.1, -0.05) is 12.0 Å². The normalized spacial score (nSPS) is 26.7. The number of nitrogens with zero attached hydrogens (tertiary/aromatic N) is 2. The monoisotopic (exact) mass is 349 g/mol. The summed E-state index contributed by atoms with van der Waals surface area (Å²) in [5, 5.41) is 3.18. The standard InChI is InChI=1S/C21H20FN3O/c22-16-5-6-18(24-14-16)19(26)25-21-9-3-8-20(15-21,11-12-21)10-7-17-4-1-2-13-23-17/h1-2,4-6,13-14H,3,8-9,11-12,15H2,(H,25,26)/t20-,21+/m0/s1. The molecule has 2 aromatic rings. The fourth-order valence-corrected chi connectivity index (χ4v) is 4.28. The first-order valence-corrected chi connectivity index (χ1v) is 8.97. The third-order valence-corrected chi connectivity index (χ3v) is 5.53. The van der Waals surface area contributed by atoms with Gasteiger partial charge in [-0.05, 0) is 68.7 Å². The average molecular weight is 349 g/mol. The van der Waals surface area contributed by atoms with Crippen LogP contribution in [-0.4, -0.2) is 21.4 Å². The molecule has 2 bridgehead atoms. The third kappa shape index (κ3) is 3.32. The quantitative estimate of drug-likeness (QED) is 0.845. The van der Waals surface area contributed by atoms with Gasteiger partial charge in [0, 0.05) is 17.2 Å². The summed E-state index contributed by atoms with van der Waals surface area (Å²) >= 11 is 0. The number of pyridine rings is 2. The molecule has 132 valence electrons. The summed E-state index contributed by atoms with van der Waals surface area (Å²) in [6, 6.07) is 8.41. The molecule has 2 saturated carbocycles. The molecule has 26 heavy (non-hydrogen) atoms. The number of carbonyl (C=O) groups excluding carboxylic acids is 1. The van der Waals surface area contributed by atoms with E-state index in [1.54, 1.807) is 6.20 Å². The SMILES string of the molecule is O=C(N[C@]12CCC[C@](C#Cc3ccccn3)(CC1)C2)c1ccc(F)cn1. The zero-order valence-corrected chi connectivity index (χ0v) is 14.5. The van der Waals surface area contributed by atoms with Crippen molar-refractivity contribution in [3.8, 4) is 11.8 Å². The molecule has 5 heteroatoms. The van der Waals surface area contributed by atoms with Crippen LogP contribution in [-0.2, 0) is 0 Å². The summed E-state index contributed by atoms with van der Waals surface area (Å²) in [6.07, 6.45) is 8.61. The molecular formula is C21H20FN3O. The number of fused-ring (bicyclic) bond motifs is 2. The predicted molar refractivity (Wildman–Crippen MR) is 95.6 cm³/mol. The molecule has 2 aliphatic carbocycles. The zero-order valence-electron chi connectivity index (χ0n) is 14.5. The topological polar surface area (TPSA) is 54.9 Å². The van der Waals surface area contributed by atoms with Crippen LogP contribution >= 0.6 is 0 Å². The van der Waals surface area contributed by atoms with Crippen LogP contribution in [0.15, 0.2) is 42.7 Å². The Kier molecular flexibility index (Phi) is 4.20. The van der Waals surface area contributed by atoms with Crippen LogP contribution in [0.1, 0.15) is 54.7 Å². The number of nitrogens with one attached hydrogen (secondary N) is 1. The highest BCUT2D eigenvalue weighted by atomic mass is 19.1. The van der Waals surface area contributed by atoms with Crippen LogP contribution in [0, 0.1) is 23.1 Å². The van der Waals surface area contributed by atoms with Gasteiger partial charge in [-0.3, -0.25) is 4.79 Å². The Bertz CT molecular complexity index is 872. The number of amides is 1. The summed E-state index contributed by atoms with van der Waals surface area (Å²) in [5.74, 6) is 5.99. The molecule has 0 aliphatic heterocycles. The number of hydrogen-bond acceptors (Lipinski definition) is 3. The van der Waals surface area contributed by atoms with Gasteiger partial charge >= 0.3 is 0 Å². The molecule has 0 aromatic carbocycles. The van der Waals surface area contributed by atoms with E-state index in [2.05, 4.69) is 27.1 Å². The smallest absolute Gasteiger partial charge is 0.270 e. The zero-order chi connectivity index (χ0) is 18.0. The molecular weight excluding hydrogens is 329 g/mol. The van der Waals surface area contributed by atoms with Crippen molar-refractivity contribution >= 4 is 5.91 Å². The van der Waals surface area contributed by atoms with Crippen molar-refractivity contribution in [2.75, 3.05) is 0 Å². The van der Waals surface area contributed by atoms with Crippen LogP contribution in [0.3, 0.4) is 0 Å². The Balaban J connectivity index is 1.51.